The van der Waals surface area contributed by atoms with E-state index in [1.165, 1.54) is 6.33 Å². The number of ether oxygens (including phenoxy) is 2. The van der Waals surface area contributed by atoms with E-state index in [9.17, 15) is 4.79 Å². The Labute approximate surface area is 174 Å². The third kappa shape index (κ3) is 3.36. The highest BCUT2D eigenvalue weighted by Gasteiger charge is 2.35. The molecule has 0 bridgehead atoms. The molecule has 1 amide bonds. The number of benzene rings is 2. The van der Waals surface area contributed by atoms with E-state index >= 15 is 0 Å². The second-order valence-corrected chi connectivity index (χ2v) is 6.99. The average Bonchev–Trinajstić information content (AvgIpc) is 3.20. The van der Waals surface area contributed by atoms with E-state index in [1.807, 2.05) is 56.3 Å². The Bertz CT molecular complexity index is 1140. The summed E-state index contributed by atoms with van der Waals surface area (Å²) in [7, 11) is 3.18. The zero-order valence-corrected chi connectivity index (χ0v) is 17.3. The molecule has 0 unspecified atom stereocenters. The lowest BCUT2D eigenvalue weighted by molar-refractivity contribution is -0.113. The SMILES string of the molecule is COc1ccc(C)cc1NC(=O)C1=C(C)Nc2ncnn2[C@H]1c1ccccc1OC. The second-order valence-electron chi connectivity index (χ2n) is 6.99. The fraction of sp³-hybridized carbons (Fsp3) is 0.227. The van der Waals surface area contributed by atoms with Gasteiger partial charge in [0.2, 0.25) is 5.95 Å². The number of carbonyl (C=O) groups is 1. The van der Waals surface area contributed by atoms with E-state index in [0.29, 0.717) is 34.4 Å². The van der Waals surface area contributed by atoms with Crippen molar-refractivity contribution in [2.75, 3.05) is 24.9 Å². The first-order valence-electron chi connectivity index (χ1n) is 9.49. The van der Waals surface area contributed by atoms with Gasteiger partial charge in [-0.3, -0.25) is 4.79 Å². The first-order chi connectivity index (χ1) is 14.5. The predicted octanol–water partition coefficient (Wildman–Crippen LogP) is 3.53. The van der Waals surface area contributed by atoms with Gasteiger partial charge in [-0.25, -0.2) is 4.68 Å². The molecule has 154 valence electrons. The molecular weight excluding hydrogens is 382 g/mol. The molecule has 1 aromatic heterocycles. The van der Waals surface area contributed by atoms with Crippen LogP contribution in [0.1, 0.15) is 24.1 Å². The molecule has 1 atom stereocenters. The molecule has 1 aliphatic rings. The van der Waals surface area contributed by atoms with Crippen LogP contribution in [0.5, 0.6) is 11.5 Å². The van der Waals surface area contributed by atoms with Crippen LogP contribution in [0, 0.1) is 6.92 Å². The number of nitrogens with zero attached hydrogens (tertiary/aromatic N) is 3. The Morgan fingerprint density at radius 2 is 1.87 bits per heavy atom. The summed E-state index contributed by atoms with van der Waals surface area (Å²) in [5.41, 5.74) is 3.63. The quantitative estimate of drug-likeness (QED) is 0.675. The average molecular weight is 405 g/mol. The zero-order chi connectivity index (χ0) is 21.3. The minimum Gasteiger partial charge on any atom is -0.496 e. The highest BCUT2D eigenvalue weighted by atomic mass is 16.5. The molecule has 0 saturated heterocycles. The summed E-state index contributed by atoms with van der Waals surface area (Å²) in [6.07, 6.45) is 1.46. The van der Waals surface area contributed by atoms with Gasteiger partial charge < -0.3 is 20.1 Å². The Morgan fingerprint density at radius 3 is 2.63 bits per heavy atom. The van der Waals surface area contributed by atoms with E-state index in [-0.39, 0.29) is 5.91 Å². The van der Waals surface area contributed by atoms with Gasteiger partial charge in [0.15, 0.2) is 0 Å². The Hall–Kier alpha value is -3.81. The normalized spacial score (nSPS) is 15.3. The van der Waals surface area contributed by atoms with Crippen LogP contribution in [0.15, 0.2) is 60.1 Å². The number of rotatable bonds is 5. The van der Waals surface area contributed by atoms with Crippen molar-refractivity contribution in [3.05, 3.63) is 71.2 Å². The molecule has 0 radical (unpaired) electrons. The van der Waals surface area contributed by atoms with Crippen molar-refractivity contribution in [2.45, 2.75) is 19.9 Å². The number of carbonyl (C=O) groups excluding carboxylic acids is 1. The molecule has 0 spiro atoms. The molecule has 8 nitrogen and oxygen atoms in total. The number of amides is 1. The number of hydrogen-bond acceptors (Lipinski definition) is 6. The minimum absolute atomic E-state index is 0.263. The molecule has 0 saturated carbocycles. The van der Waals surface area contributed by atoms with Crippen LogP contribution in [0.4, 0.5) is 11.6 Å². The van der Waals surface area contributed by atoms with Crippen molar-refractivity contribution in [1.82, 2.24) is 14.8 Å². The van der Waals surface area contributed by atoms with Crippen LogP contribution in [-0.2, 0) is 4.79 Å². The molecule has 1 aliphatic heterocycles. The number of fused-ring (bicyclic) bond motifs is 1. The van der Waals surface area contributed by atoms with Crippen molar-refractivity contribution in [2.24, 2.45) is 0 Å². The minimum atomic E-state index is -0.504. The highest BCUT2D eigenvalue weighted by molar-refractivity contribution is 6.06. The first kappa shape index (κ1) is 19.5. The summed E-state index contributed by atoms with van der Waals surface area (Å²) in [6, 6.07) is 12.7. The van der Waals surface area contributed by atoms with Gasteiger partial charge >= 0.3 is 0 Å². The van der Waals surface area contributed by atoms with Gasteiger partial charge in [-0.2, -0.15) is 10.1 Å². The van der Waals surface area contributed by atoms with Crippen LogP contribution in [0.3, 0.4) is 0 Å². The molecule has 30 heavy (non-hydrogen) atoms. The molecular formula is C22H23N5O3. The topological polar surface area (TPSA) is 90.3 Å². The van der Waals surface area contributed by atoms with Gasteiger partial charge in [0.1, 0.15) is 23.9 Å². The van der Waals surface area contributed by atoms with E-state index in [0.717, 1.165) is 11.1 Å². The van der Waals surface area contributed by atoms with Crippen molar-refractivity contribution < 1.29 is 14.3 Å². The van der Waals surface area contributed by atoms with Crippen LogP contribution in [0.25, 0.3) is 0 Å². The molecule has 0 aliphatic carbocycles. The van der Waals surface area contributed by atoms with E-state index in [2.05, 4.69) is 20.7 Å². The number of allylic oxidation sites excluding steroid dienone is 1. The summed E-state index contributed by atoms with van der Waals surface area (Å²) >= 11 is 0. The standard InChI is InChI=1S/C22H23N5O3/c1-13-9-10-18(30-4)16(11-13)26-21(28)19-14(2)25-22-23-12-24-27(22)20(19)15-7-5-6-8-17(15)29-3/h5-12,20H,1-4H3,(H,26,28)(H,23,24,25)/t20-/m0/s1. The third-order valence-corrected chi connectivity index (χ3v) is 5.08. The van der Waals surface area contributed by atoms with Gasteiger partial charge in [-0.05, 0) is 37.6 Å². The largest absolute Gasteiger partial charge is 0.496 e. The molecule has 0 fully saturated rings. The summed E-state index contributed by atoms with van der Waals surface area (Å²) in [4.78, 5) is 17.8. The maximum Gasteiger partial charge on any atom is 0.255 e. The Kier molecular flexibility index (Phi) is 5.14. The summed E-state index contributed by atoms with van der Waals surface area (Å²) in [6.45, 7) is 3.81. The van der Waals surface area contributed by atoms with E-state index in [4.69, 9.17) is 9.47 Å². The van der Waals surface area contributed by atoms with Gasteiger partial charge in [0, 0.05) is 11.3 Å². The Morgan fingerprint density at radius 1 is 1.10 bits per heavy atom. The van der Waals surface area contributed by atoms with Gasteiger partial charge in [0.05, 0.1) is 25.5 Å². The lowest BCUT2D eigenvalue weighted by Gasteiger charge is -2.29. The summed E-state index contributed by atoms with van der Waals surface area (Å²) in [5, 5.41) is 10.5. The van der Waals surface area contributed by atoms with Crippen molar-refractivity contribution in [3.8, 4) is 11.5 Å². The predicted molar refractivity (Wildman–Crippen MR) is 114 cm³/mol. The molecule has 2 aromatic carbocycles. The van der Waals surface area contributed by atoms with Crippen molar-refractivity contribution in [1.29, 1.82) is 0 Å². The monoisotopic (exact) mass is 405 g/mol. The highest BCUT2D eigenvalue weighted by Crippen LogP contribution is 2.39. The fourth-order valence-corrected chi connectivity index (χ4v) is 3.67. The van der Waals surface area contributed by atoms with Crippen LogP contribution in [0.2, 0.25) is 0 Å². The lowest BCUT2D eigenvalue weighted by Crippen LogP contribution is -2.31. The van der Waals surface area contributed by atoms with Crippen molar-refractivity contribution in [3.63, 3.8) is 0 Å². The van der Waals surface area contributed by atoms with Crippen molar-refractivity contribution >= 4 is 17.5 Å². The summed E-state index contributed by atoms with van der Waals surface area (Å²) in [5.74, 6) is 1.55. The van der Waals surface area contributed by atoms with Crippen LogP contribution in [-0.4, -0.2) is 34.9 Å². The van der Waals surface area contributed by atoms with Gasteiger partial charge in [0.25, 0.3) is 5.91 Å². The summed E-state index contributed by atoms with van der Waals surface area (Å²) < 4.78 is 12.7. The molecule has 4 rings (SSSR count). The molecule has 2 N–H and O–H groups in total. The first-order valence-corrected chi connectivity index (χ1v) is 9.49. The maximum absolute atomic E-state index is 13.5. The van der Waals surface area contributed by atoms with Gasteiger partial charge in [-0.15, -0.1) is 0 Å². The number of aryl methyl sites for hydroxylation is 1. The zero-order valence-electron chi connectivity index (χ0n) is 17.3. The third-order valence-electron chi connectivity index (χ3n) is 5.08. The van der Waals surface area contributed by atoms with E-state index < -0.39 is 6.04 Å². The number of anilines is 2. The second kappa shape index (κ2) is 7.90. The molecule has 8 heteroatoms. The number of methoxy groups -OCH3 is 2. The fourth-order valence-electron chi connectivity index (χ4n) is 3.67. The van der Waals surface area contributed by atoms with Crippen LogP contribution >= 0.6 is 0 Å². The maximum atomic E-state index is 13.5. The number of hydrogen-bond donors (Lipinski definition) is 2. The molecule has 2 heterocycles. The number of aromatic nitrogens is 3. The van der Waals surface area contributed by atoms with Gasteiger partial charge in [-0.1, -0.05) is 24.3 Å². The molecule has 3 aromatic rings. The lowest BCUT2D eigenvalue weighted by atomic mass is 9.94. The number of para-hydroxylation sites is 1. The number of nitrogens with one attached hydrogen (secondary N) is 2. The van der Waals surface area contributed by atoms with E-state index in [1.54, 1.807) is 18.9 Å². The van der Waals surface area contributed by atoms with Crippen LogP contribution < -0.4 is 20.1 Å². The smallest absolute Gasteiger partial charge is 0.255 e. The Balaban J connectivity index is 1.80.